The van der Waals surface area contributed by atoms with Crippen molar-refractivity contribution >= 4 is 11.6 Å². The van der Waals surface area contributed by atoms with Gasteiger partial charge in [-0.2, -0.15) is 0 Å². The molecule has 1 rings (SSSR count). The van der Waals surface area contributed by atoms with Crippen LogP contribution < -0.4 is 0 Å². The molecule has 0 aromatic rings. The Labute approximate surface area is 115 Å². The molecule has 0 saturated carbocycles. The van der Waals surface area contributed by atoms with E-state index in [-0.39, 0.29) is 11.6 Å². The van der Waals surface area contributed by atoms with Gasteiger partial charge in [-0.3, -0.25) is 9.59 Å². The van der Waals surface area contributed by atoms with Crippen molar-refractivity contribution in [3.63, 3.8) is 0 Å². The predicted octanol–water partition coefficient (Wildman–Crippen LogP) is 3.12. The van der Waals surface area contributed by atoms with Gasteiger partial charge in [-0.25, -0.2) is 0 Å². The first-order valence-corrected chi connectivity index (χ1v) is 7.32. The lowest BCUT2D eigenvalue weighted by molar-refractivity contribution is -0.114. The van der Waals surface area contributed by atoms with Crippen molar-refractivity contribution in [3.8, 4) is 0 Å². The van der Waals surface area contributed by atoms with Crippen LogP contribution in [0.15, 0.2) is 23.8 Å². The van der Waals surface area contributed by atoms with Crippen LogP contribution in [-0.2, 0) is 9.59 Å². The van der Waals surface area contributed by atoms with Crippen LogP contribution in [0.1, 0.15) is 57.8 Å². The summed E-state index contributed by atoms with van der Waals surface area (Å²) in [4.78, 5) is 22.6. The molecule has 106 valence electrons. The predicted molar refractivity (Wildman–Crippen MR) is 75.9 cm³/mol. The Morgan fingerprint density at radius 1 is 0.789 bits per heavy atom. The van der Waals surface area contributed by atoms with Gasteiger partial charge in [0.2, 0.25) is 0 Å². The molecule has 1 aliphatic rings. The van der Waals surface area contributed by atoms with E-state index in [1.54, 1.807) is 0 Å². The summed E-state index contributed by atoms with van der Waals surface area (Å²) in [5, 5.41) is 8.64. The van der Waals surface area contributed by atoms with Crippen molar-refractivity contribution in [3.05, 3.63) is 23.8 Å². The quantitative estimate of drug-likeness (QED) is 0.487. The maximum Gasteiger partial charge on any atom is 0.182 e. The number of unbranched alkanes of at least 4 members (excludes halogenated alkanes) is 7. The van der Waals surface area contributed by atoms with Gasteiger partial charge in [-0.1, -0.05) is 38.5 Å². The van der Waals surface area contributed by atoms with E-state index in [9.17, 15) is 9.59 Å². The second kappa shape index (κ2) is 9.68. The van der Waals surface area contributed by atoms with Gasteiger partial charge in [0, 0.05) is 12.2 Å². The first-order valence-electron chi connectivity index (χ1n) is 7.32. The van der Waals surface area contributed by atoms with Crippen LogP contribution in [-0.4, -0.2) is 23.3 Å². The lowest BCUT2D eigenvalue weighted by Crippen LogP contribution is -2.07. The standard InChI is InChI=1S/C16H24O3/c17-12-8-6-4-2-1-3-5-7-9-14-13-15(18)10-11-16(14)19/h10-11,13,17H,1-9,12H2. The van der Waals surface area contributed by atoms with Gasteiger partial charge in [0.1, 0.15) is 0 Å². The molecule has 0 fully saturated rings. The van der Waals surface area contributed by atoms with Gasteiger partial charge in [0.15, 0.2) is 11.6 Å². The van der Waals surface area contributed by atoms with E-state index in [0.717, 1.165) is 32.1 Å². The van der Waals surface area contributed by atoms with E-state index in [0.29, 0.717) is 12.2 Å². The zero-order chi connectivity index (χ0) is 13.9. The van der Waals surface area contributed by atoms with E-state index < -0.39 is 0 Å². The molecule has 3 heteroatoms. The molecular weight excluding hydrogens is 240 g/mol. The molecule has 0 amide bonds. The Kier molecular flexibility index (Phi) is 8.07. The molecule has 0 heterocycles. The smallest absolute Gasteiger partial charge is 0.182 e. The minimum absolute atomic E-state index is 0.0106. The zero-order valence-corrected chi connectivity index (χ0v) is 11.6. The van der Waals surface area contributed by atoms with Gasteiger partial charge < -0.3 is 5.11 Å². The van der Waals surface area contributed by atoms with Crippen LogP contribution in [0.2, 0.25) is 0 Å². The highest BCUT2D eigenvalue weighted by molar-refractivity contribution is 6.17. The van der Waals surface area contributed by atoms with Crippen molar-refractivity contribution in [1.29, 1.82) is 0 Å². The molecule has 3 nitrogen and oxygen atoms in total. The fourth-order valence-corrected chi connectivity index (χ4v) is 2.24. The summed E-state index contributed by atoms with van der Waals surface area (Å²) in [6.45, 7) is 0.302. The largest absolute Gasteiger partial charge is 0.396 e. The molecule has 0 bridgehead atoms. The molecule has 0 aliphatic heterocycles. The Morgan fingerprint density at radius 3 is 2.00 bits per heavy atom. The summed E-state index contributed by atoms with van der Waals surface area (Å²) in [7, 11) is 0. The van der Waals surface area contributed by atoms with Crippen LogP contribution in [0, 0.1) is 0 Å². The fourth-order valence-electron chi connectivity index (χ4n) is 2.24. The number of hydrogen-bond donors (Lipinski definition) is 1. The lowest BCUT2D eigenvalue weighted by atomic mass is 9.97. The molecule has 0 aromatic carbocycles. The van der Waals surface area contributed by atoms with Crippen molar-refractivity contribution in [2.45, 2.75) is 57.8 Å². The normalized spacial score (nSPS) is 14.9. The third-order valence-corrected chi connectivity index (χ3v) is 3.39. The Hall–Kier alpha value is -1.22. The van der Waals surface area contributed by atoms with Gasteiger partial charge in [-0.05, 0) is 37.5 Å². The highest BCUT2D eigenvalue weighted by Gasteiger charge is 2.12. The average Bonchev–Trinajstić information content (AvgIpc) is 2.40. The number of aliphatic hydroxyl groups excluding tert-OH is 1. The van der Waals surface area contributed by atoms with Crippen LogP contribution in [0.3, 0.4) is 0 Å². The second-order valence-electron chi connectivity index (χ2n) is 5.07. The molecular formula is C16H24O3. The third kappa shape index (κ3) is 7.06. The highest BCUT2D eigenvalue weighted by atomic mass is 16.2. The minimum atomic E-state index is -0.0708. The molecule has 0 atom stereocenters. The first-order chi connectivity index (χ1) is 9.24. The van der Waals surface area contributed by atoms with Crippen molar-refractivity contribution < 1.29 is 14.7 Å². The van der Waals surface area contributed by atoms with Crippen LogP contribution in [0.4, 0.5) is 0 Å². The molecule has 0 spiro atoms. The third-order valence-electron chi connectivity index (χ3n) is 3.39. The Balaban J connectivity index is 1.99. The Morgan fingerprint density at radius 2 is 1.37 bits per heavy atom. The van der Waals surface area contributed by atoms with Crippen LogP contribution in [0.25, 0.3) is 0 Å². The van der Waals surface area contributed by atoms with Gasteiger partial charge >= 0.3 is 0 Å². The number of allylic oxidation sites excluding steroid dienone is 4. The summed E-state index contributed by atoms with van der Waals surface area (Å²) in [6, 6.07) is 0. The number of hydrogen-bond acceptors (Lipinski definition) is 3. The van der Waals surface area contributed by atoms with E-state index in [1.165, 1.54) is 43.9 Å². The van der Waals surface area contributed by atoms with Crippen molar-refractivity contribution in [2.75, 3.05) is 6.61 Å². The number of rotatable bonds is 10. The highest BCUT2D eigenvalue weighted by Crippen LogP contribution is 2.15. The summed E-state index contributed by atoms with van der Waals surface area (Å²) in [5.74, 6) is -0.0814. The molecule has 0 unspecified atom stereocenters. The van der Waals surface area contributed by atoms with Crippen molar-refractivity contribution in [2.24, 2.45) is 0 Å². The number of carbonyl (C=O) groups is 2. The maximum atomic E-state index is 11.5. The van der Waals surface area contributed by atoms with Gasteiger partial charge in [0.05, 0.1) is 0 Å². The summed E-state index contributed by atoms with van der Waals surface area (Å²) < 4.78 is 0. The van der Waals surface area contributed by atoms with Gasteiger partial charge in [0.25, 0.3) is 0 Å². The monoisotopic (exact) mass is 264 g/mol. The van der Waals surface area contributed by atoms with E-state index in [4.69, 9.17) is 5.11 Å². The number of carbonyl (C=O) groups excluding carboxylic acids is 2. The van der Waals surface area contributed by atoms with Crippen LogP contribution >= 0.6 is 0 Å². The minimum Gasteiger partial charge on any atom is -0.396 e. The molecule has 0 saturated heterocycles. The van der Waals surface area contributed by atoms with Crippen LogP contribution in [0.5, 0.6) is 0 Å². The SMILES string of the molecule is O=C1C=CC(=O)C(CCCCCCCCCCO)=C1. The molecule has 19 heavy (non-hydrogen) atoms. The van der Waals surface area contributed by atoms with Gasteiger partial charge in [-0.15, -0.1) is 0 Å². The molecule has 0 radical (unpaired) electrons. The first kappa shape index (κ1) is 15.8. The van der Waals surface area contributed by atoms with E-state index >= 15 is 0 Å². The maximum absolute atomic E-state index is 11.5. The lowest BCUT2D eigenvalue weighted by Gasteiger charge is -2.06. The molecule has 1 aliphatic carbocycles. The fraction of sp³-hybridized carbons (Fsp3) is 0.625. The molecule has 1 N–H and O–H groups in total. The molecule has 0 aromatic heterocycles. The van der Waals surface area contributed by atoms with E-state index in [2.05, 4.69) is 0 Å². The summed E-state index contributed by atoms with van der Waals surface area (Å²) >= 11 is 0. The topological polar surface area (TPSA) is 54.4 Å². The average molecular weight is 264 g/mol. The van der Waals surface area contributed by atoms with Crippen molar-refractivity contribution in [1.82, 2.24) is 0 Å². The Bertz CT molecular complexity index is 353. The summed E-state index contributed by atoms with van der Waals surface area (Å²) in [5.41, 5.74) is 0.662. The number of aliphatic hydroxyl groups is 1. The summed E-state index contributed by atoms with van der Waals surface area (Å²) in [6.07, 6.45) is 13.9. The zero-order valence-electron chi connectivity index (χ0n) is 11.6. The number of ketones is 2. The second-order valence-corrected chi connectivity index (χ2v) is 5.07. The van der Waals surface area contributed by atoms with E-state index in [1.807, 2.05) is 0 Å².